The molecule has 0 aliphatic carbocycles. The van der Waals surface area contributed by atoms with Gasteiger partial charge in [-0.1, -0.05) is 20.8 Å². The third kappa shape index (κ3) is 5.20. The van der Waals surface area contributed by atoms with E-state index in [-0.39, 0.29) is 18.1 Å². The molecule has 1 radical (unpaired) electrons. The molecule has 1 heterocycles. The molecule has 17 heavy (non-hydrogen) atoms. The second-order valence-corrected chi connectivity index (χ2v) is 9.01. The first-order valence-electron chi connectivity index (χ1n) is 5.73. The number of phosphoric ester groups is 1. The average molecular weight is 281 g/mol. The lowest BCUT2D eigenvalue weighted by atomic mass is 9.90. The molecular weight excluding hydrogens is 259 g/mol. The summed E-state index contributed by atoms with van der Waals surface area (Å²) < 4.78 is 32.9. The van der Waals surface area contributed by atoms with Gasteiger partial charge in [0.25, 0.3) is 0 Å². The summed E-state index contributed by atoms with van der Waals surface area (Å²) >= 11 is 0. The molecule has 0 aromatic heterocycles. The summed E-state index contributed by atoms with van der Waals surface area (Å²) in [5, 5.41) is 0. The van der Waals surface area contributed by atoms with Crippen LogP contribution in [0.1, 0.15) is 20.8 Å². The summed E-state index contributed by atoms with van der Waals surface area (Å²) in [6.45, 7) is 11.2. The van der Waals surface area contributed by atoms with Gasteiger partial charge in [0.1, 0.15) is 0 Å². The molecule has 0 amide bonds. The van der Waals surface area contributed by atoms with Gasteiger partial charge in [0.05, 0.1) is 25.9 Å². The van der Waals surface area contributed by atoms with Gasteiger partial charge in [0.15, 0.2) is 0 Å². The van der Waals surface area contributed by atoms with E-state index in [0.29, 0.717) is 13.2 Å². The topological polar surface area (TPSA) is 54.0 Å². The molecular formula is C10H22O5PSi. The third-order valence-corrected chi connectivity index (χ3v) is 4.53. The smallest absolute Gasteiger partial charge is 0.411 e. The molecule has 0 bridgehead atoms. The molecule has 0 N–H and O–H groups in total. The van der Waals surface area contributed by atoms with Gasteiger partial charge in [-0.15, -0.1) is 0 Å². The van der Waals surface area contributed by atoms with Gasteiger partial charge in [-0.05, 0) is 18.5 Å². The minimum atomic E-state index is -3.31. The SMILES string of the molecule is C[Si](C)OC(COP1(=O)OCCO1)C(C)(C)C. The van der Waals surface area contributed by atoms with Crippen LogP contribution in [-0.4, -0.2) is 35.0 Å². The van der Waals surface area contributed by atoms with E-state index in [2.05, 4.69) is 33.9 Å². The Morgan fingerprint density at radius 2 is 1.82 bits per heavy atom. The van der Waals surface area contributed by atoms with Crippen LogP contribution in [0.3, 0.4) is 0 Å². The maximum atomic E-state index is 11.8. The number of phosphoric acid groups is 1. The Balaban J connectivity index is 2.52. The van der Waals surface area contributed by atoms with Gasteiger partial charge >= 0.3 is 7.82 Å². The molecule has 1 atom stereocenters. The van der Waals surface area contributed by atoms with Gasteiger partial charge in [0, 0.05) is 0 Å². The normalized spacial score (nSPS) is 22.0. The summed E-state index contributed by atoms with van der Waals surface area (Å²) in [7, 11) is -4.14. The zero-order valence-electron chi connectivity index (χ0n) is 11.2. The molecule has 0 aromatic carbocycles. The third-order valence-electron chi connectivity index (χ3n) is 2.31. The highest BCUT2D eigenvalue weighted by molar-refractivity contribution is 7.48. The van der Waals surface area contributed by atoms with Crippen LogP contribution in [0, 0.1) is 5.41 Å². The minimum absolute atomic E-state index is 0.0686. The first kappa shape index (κ1) is 15.3. The quantitative estimate of drug-likeness (QED) is 0.573. The van der Waals surface area contributed by atoms with Crippen molar-refractivity contribution in [3.63, 3.8) is 0 Å². The maximum Gasteiger partial charge on any atom is 0.475 e. The van der Waals surface area contributed by atoms with Crippen LogP contribution >= 0.6 is 7.82 Å². The van der Waals surface area contributed by atoms with Crippen LogP contribution in [0.5, 0.6) is 0 Å². The maximum absolute atomic E-state index is 11.8. The molecule has 0 aromatic rings. The van der Waals surface area contributed by atoms with Gasteiger partial charge in [-0.25, -0.2) is 4.57 Å². The predicted octanol–water partition coefficient (Wildman–Crippen LogP) is 2.84. The van der Waals surface area contributed by atoms with E-state index >= 15 is 0 Å². The Morgan fingerprint density at radius 1 is 1.29 bits per heavy atom. The van der Waals surface area contributed by atoms with Crippen molar-refractivity contribution in [2.75, 3.05) is 19.8 Å². The summed E-state index contributed by atoms with van der Waals surface area (Å²) in [6.07, 6.45) is -0.106. The van der Waals surface area contributed by atoms with Crippen LogP contribution < -0.4 is 0 Å². The largest absolute Gasteiger partial charge is 0.475 e. The minimum Gasteiger partial charge on any atom is -0.411 e. The first-order valence-corrected chi connectivity index (χ1v) is 9.60. The molecule has 1 unspecified atom stereocenters. The van der Waals surface area contributed by atoms with Gasteiger partial charge in [0.2, 0.25) is 9.04 Å². The fourth-order valence-corrected chi connectivity index (χ4v) is 3.44. The number of rotatable bonds is 5. The first-order chi connectivity index (χ1) is 7.73. The Labute approximate surface area is 105 Å². The van der Waals surface area contributed by atoms with E-state index in [1.54, 1.807) is 0 Å². The molecule has 1 aliphatic rings. The van der Waals surface area contributed by atoms with E-state index < -0.39 is 16.9 Å². The standard InChI is InChI=1S/C10H22O5PSi/c1-10(2,3)9(15-17(4)5)8-14-16(11)12-6-7-13-16/h9H,6-8H2,1-5H3. The second-order valence-electron chi connectivity index (χ2n) is 5.29. The molecule has 1 rings (SSSR count). The Hall–Kier alpha value is 0.287. The van der Waals surface area contributed by atoms with Crippen molar-refractivity contribution < 1.29 is 22.6 Å². The van der Waals surface area contributed by atoms with Crippen LogP contribution in [0.2, 0.25) is 13.1 Å². The van der Waals surface area contributed by atoms with E-state index in [0.717, 1.165) is 0 Å². The second kappa shape index (κ2) is 5.95. The van der Waals surface area contributed by atoms with E-state index in [1.807, 2.05) is 0 Å². The van der Waals surface area contributed by atoms with E-state index in [4.69, 9.17) is 18.0 Å². The monoisotopic (exact) mass is 281 g/mol. The molecule has 0 saturated carbocycles. The van der Waals surface area contributed by atoms with Crippen LogP contribution in [0.4, 0.5) is 0 Å². The lowest BCUT2D eigenvalue weighted by molar-refractivity contribution is 0.0296. The van der Waals surface area contributed by atoms with E-state index in [9.17, 15) is 4.57 Å². The Morgan fingerprint density at radius 3 is 2.24 bits per heavy atom. The fraction of sp³-hybridized carbons (Fsp3) is 1.00. The summed E-state index contributed by atoms with van der Waals surface area (Å²) in [6, 6.07) is 0. The zero-order valence-corrected chi connectivity index (χ0v) is 13.1. The zero-order chi connectivity index (χ0) is 13.1. The van der Waals surface area contributed by atoms with Crippen molar-refractivity contribution >= 4 is 16.9 Å². The highest BCUT2D eigenvalue weighted by Gasteiger charge is 2.35. The molecule has 1 fully saturated rings. The van der Waals surface area contributed by atoms with E-state index in [1.165, 1.54) is 0 Å². The summed E-state index contributed by atoms with van der Waals surface area (Å²) in [5.41, 5.74) is -0.0686. The number of hydrogen-bond donors (Lipinski definition) is 0. The Bertz CT molecular complexity index is 279. The van der Waals surface area contributed by atoms with Gasteiger partial charge < -0.3 is 4.43 Å². The number of hydrogen-bond acceptors (Lipinski definition) is 5. The molecule has 1 saturated heterocycles. The van der Waals surface area contributed by atoms with Crippen molar-refractivity contribution in [1.29, 1.82) is 0 Å². The van der Waals surface area contributed by atoms with Crippen molar-refractivity contribution in [1.82, 2.24) is 0 Å². The summed E-state index contributed by atoms with van der Waals surface area (Å²) in [5.74, 6) is 0. The van der Waals surface area contributed by atoms with Crippen molar-refractivity contribution in [3.8, 4) is 0 Å². The van der Waals surface area contributed by atoms with Crippen LogP contribution in [0.15, 0.2) is 0 Å². The summed E-state index contributed by atoms with van der Waals surface area (Å²) in [4.78, 5) is 0. The highest BCUT2D eigenvalue weighted by Crippen LogP contribution is 2.53. The van der Waals surface area contributed by atoms with Gasteiger partial charge in [-0.2, -0.15) is 0 Å². The molecule has 101 valence electrons. The highest BCUT2D eigenvalue weighted by atomic mass is 31.2. The van der Waals surface area contributed by atoms with Crippen LogP contribution in [-0.2, 0) is 22.6 Å². The van der Waals surface area contributed by atoms with Crippen molar-refractivity contribution in [2.45, 2.75) is 40.0 Å². The van der Waals surface area contributed by atoms with Crippen molar-refractivity contribution in [3.05, 3.63) is 0 Å². The fourth-order valence-electron chi connectivity index (χ4n) is 1.31. The van der Waals surface area contributed by atoms with Gasteiger partial charge in [-0.3, -0.25) is 13.6 Å². The molecule has 5 nitrogen and oxygen atoms in total. The molecule has 0 spiro atoms. The molecule has 1 aliphatic heterocycles. The lowest BCUT2D eigenvalue weighted by Gasteiger charge is -2.32. The van der Waals surface area contributed by atoms with Crippen LogP contribution in [0.25, 0.3) is 0 Å². The average Bonchev–Trinajstić information content (AvgIpc) is 2.58. The lowest BCUT2D eigenvalue weighted by Crippen LogP contribution is -2.36. The molecule has 7 heteroatoms. The predicted molar refractivity (Wildman–Crippen MR) is 67.3 cm³/mol. The van der Waals surface area contributed by atoms with Crippen molar-refractivity contribution in [2.24, 2.45) is 5.41 Å². The Kier molecular flexibility index (Phi) is 5.37.